The van der Waals surface area contributed by atoms with Crippen LogP contribution in [0.25, 0.3) is 6.08 Å². The fourth-order valence-corrected chi connectivity index (χ4v) is 2.57. The Hall–Kier alpha value is -4.19. The van der Waals surface area contributed by atoms with Gasteiger partial charge in [-0.25, -0.2) is 5.43 Å². The molecule has 0 aliphatic rings. The molecular weight excluding hydrogens is 378 g/mol. The highest BCUT2D eigenvalue weighted by molar-refractivity contribution is 6.05. The van der Waals surface area contributed by atoms with Gasteiger partial charge in [0.2, 0.25) is 0 Å². The summed E-state index contributed by atoms with van der Waals surface area (Å²) in [6.07, 6.45) is 3.11. The van der Waals surface area contributed by atoms with Crippen molar-refractivity contribution in [1.29, 1.82) is 0 Å². The number of rotatable bonds is 7. The van der Waals surface area contributed by atoms with E-state index in [1.54, 1.807) is 49.6 Å². The Morgan fingerprint density at radius 1 is 0.833 bits per heavy atom. The summed E-state index contributed by atoms with van der Waals surface area (Å²) in [6.45, 7) is 0. The molecule has 0 radical (unpaired) electrons. The summed E-state index contributed by atoms with van der Waals surface area (Å²) in [5.41, 5.74) is 4.55. The third-order valence-electron chi connectivity index (χ3n) is 4.13. The SMILES string of the molecule is COc1ccc(/C=N/NC(=O)/C(=C/c2ccccc2)NC(=O)c2ccccc2)cc1. The molecule has 3 aromatic rings. The van der Waals surface area contributed by atoms with E-state index in [0.717, 1.165) is 16.9 Å². The Morgan fingerprint density at radius 3 is 2.10 bits per heavy atom. The van der Waals surface area contributed by atoms with Gasteiger partial charge in [0.25, 0.3) is 11.8 Å². The van der Waals surface area contributed by atoms with Crippen molar-refractivity contribution in [2.24, 2.45) is 5.10 Å². The number of ether oxygens (including phenoxy) is 1. The van der Waals surface area contributed by atoms with Crippen LogP contribution in [-0.4, -0.2) is 25.1 Å². The van der Waals surface area contributed by atoms with Crippen LogP contribution >= 0.6 is 0 Å². The molecule has 0 aliphatic carbocycles. The number of amides is 2. The highest BCUT2D eigenvalue weighted by atomic mass is 16.5. The lowest BCUT2D eigenvalue weighted by Gasteiger charge is -2.09. The number of nitrogens with zero attached hydrogens (tertiary/aromatic N) is 1. The van der Waals surface area contributed by atoms with Crippen LogP contribution in [0.4, 0.5) is 0 Å². The molecule has 0 saturated heterocycles. The number of hydrogen-bond donors (Lipinski definition) is 2. The molecule has 6 nitrogen and oxygen atoms in total. The van der Waals surface area contributed by atoms with Crippen molar-refractivity contribution >= 4 is 24.1 Å². The van der Waals surface area contributed by atoms with Crippen LogP contribution in [0, 0.1) is 0 Å². The van der Waals surface area contributed by atoms with Crippen LogP contribution in [0.15, 0.2) is 95.7 Å². The third kappa shape index (κ3) is 5.90. The van der Waals surface area contributed by atoms with Gasteiger partial charge in [-0.2, -0.15) is 5.10 Å². The number of nitrogens with one attached hydrogen (secondary N) is 2. The summed E-state index contributed by atoms with van der Waals surface area (Å²) in [6, 6.07) is 25.1. The first-order valence-electron chi connectivity index (χ1n) is 9.26. The first-order valence-corrected chi connectivity index (χ1v) is 9.26. The smallest absolute Gasteiger partial charge is 0.287 e. The first kappa shape index (κ1) is 20.5. The summed E-state index contributed by atoms with van der Waals surface area (Å²) in [5.74, 6) is -0.187. The molecule has 2 N–H and O–H groups in total. The Labute approximate surface area is 174 Å². The number of hydrogen-bond acceptors (Lipinski definition) is 4. The van der Waals surface area contributed by atoms with Gasteiger partial charge in [-0.3, -0.25) is 9.59 Å². The molecule has 0 fully saturated rings. The maximum Gasteiger partial charge on any atom is 0.287 e. The number of hydrazone groups is 1. The zero-order valence-electron chi connectivity index (χ0n) is 16.4. The molecule has 6 heteroatoms. The van der Waals surface area contributed by atoms with Gasteiger partial charge in [0.05, 0.1) is 13.3 Å². The van der Waals surface area contributed by atoms with Gasteiger partial charge in [-0.05, 0) is 53.6 Å². The fourth-order valence-electron chi connectivity index (χ4n) is 2.57. The van der Waals surface area contributed by atoms with Crippen molar-refractivity contribution in [3.8, 4) is 5.75 Å². The molecule has 30 heavy (non-hydrogen) atoms. The molecule has 0 bridgehead atoms. The lowest BCUT2D eigenvalue weighted by atomic mass is 10.1. The van der Waals surface area contributed by atoms with Gasteiger partial charge in [0.15, 0.2) is 0 Å². The van der Waals surface area contributed by atoms with Crippen LogP contribution in [0.3, 0.4) is 0 Å². The van der Waals surface area contributed by atoms with E-state index >= 15 is 0 Å². The zero-order chi connectivity index (χ0) is 21.2. The van der Waals surface area contributed by atoms with Gasteiger partial charge in [-0.15, -0.1) is 0 Å². The van der Waals surface area contributed by atoms with Crippen LogP contribution in [0.5, 0.6) is 5.75 Å². The third-order valence-corrected chi connectivity index (χ3v) is 4.13. The van der Waals surface area contributed by atoms with Gasteiger partial charge in [0.1, 0.15) is 11.4 Å². The topological polar surface area (TPSA) is 79.8 Å². The molecule has 0 heterocycles. The average Bonchev–Trinajstić information content (AvgIpc) is 2.80. The lowest BCUT2D eigenvalue weighted by Crippen LogP contribution is -2.32. The highest BCUT2D eigenvalue weighted by Gasteiger charge is 2.14. The normalized spacial score (nSPS) is 11.2. The second kappa shape index (κ2) is 10.4. The summed E-state index contributed by atoms with van der Waals surface area (Å²) in [4.78, 5) is 25.2. The number of benzene rings is 3. The number of methoxy groups -OCH3 is 1. The van der Waals surface area contributed by atoms with Crippen molar-refractivity contribution < 1.29 is 14.3 Å². The summed E-state index contributed by atoms with van der Waals surface area (Å²) in [7, 11) is 1.59. The maximum absolute atomic E-state index is 12.7. The molecule has 0 atom stereocenters. The Kier molecular flexibility index (Phi) is 7.11. The standard InChI is InChI=1S/C24H21N3O3/c1-30-21-14-12-19(13-15-21)17-25-27-24(29)22(16-18-8-4-2-5-9-18)26-23(28)20-10-6-3-7-11-20/h2-17H,1H3,(H,26,28)(H,27,29)/b22-16-,25-17+. The van der Waals surface area contributed by atoms with Crippen LogP contribution < -0.4 is 15.5 Å². The minimum Gasteiger partial charge on any atom is -0.497 e. The van der Waals surface area contributed by atoms with Crippen LogP contribution in [0.2, 0.25) is 0 Å². The van der Waals surface area contributed by atoms with E-state index in [1.807, 2.05) is 48.5 Å². The molecular formula is C24H21N3O3. The minimum atomic E-state index is -0.534. The second-order valence-electron chi connectivity index (χ2n) is 6.26. The fraction of sp³-hybridized carbons (Fsp3) is 0.0417. The molecule has 0 saturated carbocycles. The van der Waals surface area contributed by atoms with Crippen molar-refractivity contribution in [1.82, 2.24) is 10.7 Å². The van der Waals surface area contributed by atoms with Gasteiger partial charge < -0.3 is 10.1 Å². The molecule has 3 rings (SSSR count). The lowest BCUT2D eigenvalue weighted by molar-refractivity contribution is -0.117. The summed E-state index contributed by atoms with van der Waals surface area (Å²) < 4.78 is 5.11. The second-order valence-corrected chi connectivity index (χ2v) is 6.26. The van der Waals surface area contributed by atoms with Crippen molar-refractivity contribution in [3.05, 3.63) is 107 Å². The molecule has 150 valence electrons. The summed E-state index contributed by atoms with van der Waals surface area (Å²) in [5, 5.41) is 6.65. The van der Waals surface area contributed by atoms with Crippen LogP contribution in [-0.2, 0) is 4.79 Å². The first-order chi connectivity index (χ1) is 14.7. The van der Waals surface area contributed by atoms with Gasteiger partial charge >= 0.3 is 0 Å². The maximum atomic E-state index is 12.7. The zero-order valence-corrected chi connectivity index (χ0v) is 16.4. The minimum absolute atomic E-state index is 0.0851. The van der Waals surface area contributed by atoms with E-state index in [-0.39, 0.29) is 11.6 Å². The number of carbonyl (C=O) groups excluding carboxylic acids is 2. The average molecular weight is 399 g/mol. The van der Waals surface area contributed by atoms with Crippen molar-refractivity contribution in [2.75, 3.05) is 7.11 Å². The van der Waals surface area contributed by atoms with Crippen molar-refractivity contribution in [3.63, 3.8) is 0 Å². The molecule has 2 amide bonds. The largest absolute Gasteiger partial charge is 0.497 e. The molecule has 3 aromatic carbocycles. The van der Waals surface area contributed by atoms with Crippen LogP contribution in [0.1, 0.15) is 21.5 Å². The Morgan fingerprint density at radius 2 is 1.47 bits per heavy atom. The Bertz CT molecular complexity index is 1040. The predicted octanol–water partition coefficient (Wildman–Crippen LogP) is 3.62. The predicted molar refractivity (Wildman–Crippen MR) is 117 cm³/mol. The van der Waals surface area contributed by atoms with E-state index in [1.165, 1.54) is 6.21 Å². The summed E-state index contributed by atoms with van der Waals surface area (Å²) >= 11 is 0. The van der Waals surface area contributed by atoms with Crippen molar-refractivity contribution in [2.45, 2.75) is 0 Å². The quantitative estimate of drug-likeness (QED) is 0.362. The molecule has 0 unspecified atom stereocenters. The van der Waals surface area contributed by atoms with E-state index in [0.29, 0.717) is 5.56 Å². The van der Waals surface area contributed by atoms with E-state index in [2.05, 4.69) is 15.8 Å². The molecule has 0 aromatic heterocycles. The number of carbonyl (C=O) groups is 2. The van der Waals surface area contributed by atoms with Gasteiger partial charge in [0, 0.05) is 5.56 Å². The van der Waals surface area contributed by atoms with E-state index in [9.17, 15) is 9.59 Å². The monoisotopic (exact) mass is 399 g/mol. The highest BCUT2D eigenvalue weighted by Crippen LogP contribution is 2.10. The molecule has 0 aliphatic heterocycles. The van der Waals surface area contributed by atoms with Gasteiger partial charge in [-0.1, -0.05) is 48.5 Å². The Balaban J connectivity index is 1.75. The molecule has 0 spiro atoms. The van der Waals surface area contributed by atoms with E-state index < -0.39 is 5.91 Å². The van der Waals surface area contributed by atoms with E-state index in [4.69, 9.17) is 4.74 Å².